The van der Waals surface area contributed by atoms with E-state index in [0.717, 1.165) is 18.5 Å². The molecule has 5 nitrogen and oxygen atoms in total. The standard InChI is InChI=1S/C16H23N3O2/c1-16(2,3)21-15(20)19-9-5-8-18-12-14-7-4-6-13(10-14)11-17/h4,6-7,10,18H,5,8-9,12H2,1-3H3,(H,19,20). The Balaban J connectivity index is 2.12. The first kappa shape index (κ1) is 17.0. The number of nitrogens with zero attached hydrogens (tertiary/aromatic N) is 1. The number of ether oxygens (including phenoxy) is 1. The highest BCUT2D eigenvalue weighted by molar-refractivity contribution is 5.67. The highest BCUT2D eigenvalue weighted by Crippen LogP contribution is 2.06. The predicted molar refractivity (Wildman–Crippen MR) is 81.7 cm³/mol. The molecule has 1 amide bonds. The second-order valence-corrected chi connectivity index (χ2v) is 5.77. The topological polar surface area (TPSA) is 74.2 Å². The summed E-state index contributed by atoms with van der Waals surface area (Å²) in [6.07, 6.45) is 0.432. The minimum atomic E-state index is -0.464. The van der Waals surface area contributed by atoms with Crippen molar-refractivity contribution in [2.75, 3.05) is 13.1 Å². The minimum absolute atomic E-state index is 0.385. The smallest absolute Gasteiger partial charge is 0.407 e. The average Bonchev–Trinajstić information content (AvgIpc) is 2.41. The van der Waals surface area contributed by atoms with Crippen LogP contribution in [-0.4, -0.2) is 24.8 Å². The van der Waals surface area contributed by atoms with Crippen molar-refractivity contribution in [3.63, 3.8) is 0 Å². The van der Waals surface area contributed by atoms with E-state index in [2.05, 4.69) is 16.7 Å². The van der Waals surface area contributed by atoms with Crippen molar-refractivity contribution in [1.82, 2.24) is 10.6 Å². The lowest BCUT2D eigenvalue weighted by atomic mass is 10.1. The van der Waals surface area contributed by atoms with E-state index < -0.39 is 5.60 Å². The van der Waals surface area contributed by atoms with Gasteiger partial charge < -0.3 is 15.4 Å². The Morgan fingerprint density at radius 1 is 1.33 bits per heavy atom. The lowest BCUT2D eigenvalue weighted by molar-refractivity contribution is 0.0527. The van der Waals surface area contributed by atoms with Gasteiger partial charge in [-0.25, -0.2) is 4.79 Å². The van der Waals surface area contributed by atoms with Gasteiger partial charge in [-0.3, -0.25) is 0 Å². The van der Waals surface area contributed by atoms with E-state index >= 15 is 0 Å². The van der Waals surface area contributed by atoms with E-state index in [1.807, 2.05) is 39.0 Å². The number of rotatable bonds is 6. The molecule has 0 unspecified atom stereocenters. The quantitative estimate of drug-likeness (QED) is 0.789. The van der Waals surface area contributed by atoms with E-state index in [4.69, 9.17) is 10.00 Å². The third-order valence-corrected chi connectivity index (χ3v) is 2.58. The Bertz CT molecular complexity index is 501. The Labute approximate surface area is 126 Å². The summed E-state index contributed by atoms with van der Waals surface area (Å²) in [5.74, 6) is 0. The van der Waals surface area contributed by atoms with Gasteiger partial charge in [-0.15, -0.1) is 0 Å². The van der Waals surface area contributed by atoms with Gasteiger partial charge >= 0.3 is 6.09 Å². The number of nitriles is 1. The summed E-state index contributed by atoms with van der Waals surface area (Å²) in [5, 5.41) is 14.8. The molecular weight excluding hydrogens is 266 g/mol. The Morgan fingerprint density at radius 2 is 2.10 bits per heavy atom. The van der Waals surface area contributed by atoms with Crippen LogP contribution >= 0.6 is 0 Å². The first-order valence-corrected chi connectivity index (χ1v) is 7.07. The fourth-order valence-corrected chi connectivity index (χ4v) is 1.70. The van der Waals surface area contributed by atoms with Gasteiger partial charge in [0.1, 0.15) is 5.60 Å². The Kier molecular flexibility index (Phi) is 6.70. The Hall–Kier alpha value is -2.06. The molecule has 21 heavy (non-hydrogen) atoms. The van der Waals surface area contributed by atoms with Crippen LogP contribution in [-0.2, 0) is 11.3 Å². The maximum Gasteiger partial charge on any atom is 0.407 e. The molecule has 0 bridgehead atoms. The molecule has 5 heteroatoms. The number of hydrogen-bond acceptors (Lipinski definition) is 4. The number of amides is 1. The third kappa shape index (κ3) is 7.95. The number of alkyl carbamates (subject to hydrolysis) is 1. The highest BCUT2D eigenvalue weighted by atomic mass is 16.6. The van der Waals surface area contributed by atoms with E-state index in [9.17, 15) is 4.79 Å². The lowest BCUT2D eigenvalue weighted by Gasteiger charge is -2.19. The minimum Gasteiger partial charge on any atom is -0.444 e. The van der Waals surface area contributed by atoms with Crippen molar-refractivity contribution in [2.45, 2.75) is 39.3 Å². The molecule has 1 aromatic rings. The maximum atomic E-state index is 11.4. The highest BCUT2D eigenvalue weighted by Gasteiger charge is 2.15. The van der Waals surface area contributed by atoms with Crippen molar-refractivity contribution in [1.29, 1.82) is 5.26 Å². The zero-order valence-electron chi connectivity index (χ0n) is 12.9. The van der Waals surface area contributed by atoms with Gasteiger partial charge in [0.15, 0.2) is 0 Å². The van der Waals surface area contributed by atoms with Gasteiger partial charge in [0.2, 0.25) is 0 Å². The molecule has 1 aromatic carbocycles. The monoisotopic (exact) mass is 289 g/mol. The number of benzene rings is 1. The lowest BCUT2D eigenvalue weighted by Crippen LogP contribution is -2.33. The molecule has 0 saturated carbocycles. The van der Waals surface area contributed by atoms with Crippen LogP contribution in [0, 0.1) is 11.3 Å². The number of nitrogens with one attached hydrogen (secondary N) is 2. The second-order valence-electron chi connectivity index (χ2n) is 5.77. The summed E-state index contributed by atoms with van der Waals surface area (Å²) >= 11 is 0. The second kappa shape index (κ2) is 8.28. The molecular formula is C16H23N3O2. The molecule has 0 aliphatic rings. The largest absolute Gasteiger partial charge is 0.444 e. The van der Waals surface area contributed by atoms with E-state index in [1.165, 1.54) is 0 Å². The summed E-state index contributed by atoms with van der Waals surface area (Å²) in [6.45, 7) is 7.57. The van der Waals surface area contributed by atoms with Crippen molar-refractivity contribution in [2.24, 2.45) is 0 Å². The summed E-state index contributed by atoms with van der Waals surface area (Å²) < 4.78 is 5.14. The molecule has 0 saturated heterocycles. The van der Waals surface area contributed by atoms with Crippen LogP contribution in [0.4, 0.5) is 4.79 Å². The molecule has 0 fully saturated rings. The molecule has 0 heterocycles. The van der Waals surface area contributed by atoms with Gasteiger partial charge in [0.25, 0.3) is 0 Å². The molecule has 0 aliphatic heterocycles. The van der Waals surface area contributed by atoms with Crippen LogP contribution in [0.25, 0.3) is 0 Å². The third-order valence-electron chi connectivity index (χ3n) is 2.58. The fraction of sp³-hybridized carbons (Fsp3) is 0.500. The summed E-state index contributed by atoms with van der Waals surface area (Å²) in [5.41, 5.74) is 1.28. The average molecular weight is 289 g/mol. The van der Waals surface area contributed by atoms with Crippen LogP contribution in [0.3, 0.4) is 0 Å². The maximum absolute atomic E-state index is 11.4. The SMILES string of the molecule is CC(C)(C)OC(=O)NCCCNCc1cccc(C#N)c1. The number of carbonyl (C=O) groups excluding carboxylic acids is 1. The summed E-state index contributed by atoms with van der Waals surface area (Å²) in [4.78, 5) is 11.4. The molecule has 0 aromatic heterocycles. The van der Waals surface area contributed by atoms with Gasteiger partial charge in [-0.1, -0.05) is 12.1 Å². The number of carbonyl (C=O) groups is 1. The van der Waals surface area contributed by atoms with Crippen LogP contribution in [0.15, 0.2) is 24.3 Å². The van der Waals surface area contributed by atoms with E-state index in [0.29, 0.717) is 18.7 Å². The molecule has 114 valence electrons. The zero-order chi connectivity index (χ0) is 15.7. The van der Waals surface area contributed by atoms with Crippen LogP contribution in [0.5, 0.6) is 0 Å². The first-order chi connectivity index (χ1) is 9.90. The number of hydrogen-bond donors (Lipinski definition) is 2. The first-order valence-electron chi connectivity index (χ1n) is 7.07. The van der Waals surface area contributed by atoms with Crippen molar-refractivity contribution in [3.05, 3.63) is 35.4 Å². The molecule has 0 radical (unpaired) electrons. The van der Waals surface area contributed by atoms with Crippen LogP contribution in [0.2, 0.25) is 0 Å². The fourth-order valence-electron chi connectivity index (χ4n) is 1.70. The van der Waals surface area contributed by atoms with Crippen molar-refractivity contribution in [3.8, 4) is 6.07 Å². The van der Waals surface area contributed by atoms with E-state index in [-0.39, 0.29) is 6.09 Å². The molecule has 2 N–H and O–H groups in total. The van der Waals surface area contributed by atoms with Crippen LogP contribution in [0.1, 0.15) is 38.3 Å². The molecule has 0 aliphatic carbocycles. The zero-order valence-corrected chi connectivity index (χ0v) is 12.9. The van der Waals surface area contributed by atoms with Crippen molar-refractivity contribution >= 4 is 6.09 Å². The summed E-state index contributed by atoms with van der Waals surface area (Å²) in [7, 11) is 0. The van der Waals surface area contributed by atoms with Gasteiger partial charge in [0, 0.05) is 13.1 Å². The molecule has 0 spiro atoms. The van der Waals surface area contributed by atoms with Gasteiger partial charge in [0.05, 0.1) is 11.6 Å². The van der Waals surface area contributed by atoms with Gasteiger partial charge in [-0.2, -0.15) is 5.26 Å². The van der Waals surface area contributed by atoms with Crippen LogP contribution < -0.4 is 10.6 Å². The Morgan fingerprint density at radius 3 is 2.76 bits per heavy atom. The van der Waals surface area contributed by atoms with E-state index in [1.54, 1.807) is 6.07 Å². The van der Waals surface area contributed by atoms with Gasteiger partial charge in [-0.05, 0) is 51.4 Å². The molecule has 1 rings (SSSR count). The van der Waals surface area contributed by atoms with Crippen molar-refractivity contribution < 1.29 is 9.53 Å². The summed E-state index contributed by atoms with van der Waals surface area (Å²) in [6, 6.07) is 9.63. The predicted octanol–water partition coefficient (Wildman–Crippen LogP) is 2.56. The normalized spacial score (nSPS) is 10.8. The molecule has 0 atom stereocenters.